The molecule has 0 radical (unpaired) electrons. The molecule has 2 amide bonds. The van der Waals surface area contributed by atoms with Crippen molar-refractivity contribution in [1.82, 2.24) is 0 Å². The van der Waals surface area contributed by atoms with E-state index >= 15 is 0 Å². The standard InChI is InChI=1S/C15H15BrN2O3/c1-20-13-7-6-12(9-14(13)21-2)18-15(19)17-11-5-3-4-10(16)8-11/h3-9H,1-2H3,(H2,17,18,19). The summed E-state index contributed by atoms with van der Waals surface area (Å²) in [6.07, 6.45) is 0. The van der Waals surface area contributed by atoms with Crippen LogP contribution in [0, 0.1) is 0 Å². The quantitative estimate of drug-likeness (QED) is 0.872. The van der Waals surface area contributed by atoms with Crippen molar-refractivity contribution in [1.29, 1.82) is 0 Å². The van der Waals surface area contributed by atoms with Gasteiger partial charge >= 0.3 is 6.03 Å². The van der Waals surface area contributed by atoms with Crippen molar-refractivity contribution in [2.45, 2.75) is 0 Å². The predicted octanol–water partition coefficient (Wildman–Crippen LogP) is 4.11. The van der Waals surface area contributed by atoms with Crippen LogP contribution in [0.25, 0.3) is 0 Å². The van der Waals surface area contributed by atoms with E-state index in [-0.39, 0.29) is 6.03 Å². The smallest absolute Gasteiger partial charge is 0.323 e. The van der Waals surface area contributed by atoms with Crippen LogP contribution in [0.4, 0.5) is 16.2 Å². The molecule has 0 bridgehead atoms. The average molecular weight is 351 g/mol. The number of anilines is 2. The van der Waals surface area contributed by atoms with Crippen molar-refractivity contribution in [3.05, 3.63) is 46.9 Å². The zero-order valence-electron chi connectivity index (χ0n) is 11.6. The number of carbonyl (C=O) groups excluding carboxylic acids is 1. The highest BCUT2D eigenvalue weighted by Crippen LogP contribution is 2.29. The molecule has 21 heavy (non-hydrogen) atoms. The van der Waals surface area contributed by atoms with E-state index in [0.29, 0.717) is 22.9 Å². The van der Waals surface area contributed by atoms with Gasteiger partial charge in [0.05, 0.1) is 14.2 Å². The maximum Gasteiger partial charge on any atom is 0.323 e. The van der Waals surface area contributed by atoms with E-state index in [1.807, 2.05) is 18.2 Å². The fourth-order valence-corrected chi connectivity index (χ4v) is 2.17. The summed E-state index contributed by atoms with van der Waals surface area (Å²) in [6, 6.07) is 12.2. The van der Waals surface area contributed by atoms with Gasteiger partial charge < -0.3 is 20.1 Å². The number of hydrogen-bond donors (Lipinski definition) is 2. The molecule has 0 aliphatic rings. The van der Waals surface area contributed by atoms with Crippen LogP contribution in [0.1, 0.15) is 0 Å². The lowest BCUT2D eigenvalue weighted by molar-refractivity contribution is 0.262. The number of benzene rings is 2. The highest BCUT2D eigenvalue weighted by molar-refractivity contribution is 9.10. The molecule has 2 aromatic carbocycles. The zero-order chi connectivity index (χ0) is 15.2. The van der Waals surface area contributed by atoms with Crippen LogP contribution >= 0.6 is 15.9 Å². The number of urea groups is 1. The Bertz CT molecular complexity index is 647. The van der Waals surface area contributed by atoms with Gasteiger partial charge in [0.1, 0.15) is 0 Å². The summed E-state index contributed by atoms with van der Waals surface area (Å²) in [7, 11) is 3.11. The SMILES string of the molecule is COc1ccc(NC(=O)Nc2cccc(Br)c2)cc1OC. The maximum atomic E-state index is 11.9. The van der Waals surface area contributed by atoms with Crippen LogP contribution in [0.2, 0.25) is 0 Å². The van der Waals surface area contributed by atoms with Crippen molar-refractivity contribution in [2.24, 2.45) is 0 Å². The van der Waals surface area contributed by atoms with Crippen molar-refractivity contribution >= 4 is 33.3 Å². The number of amides is 2. The Morgan fingerprint density at radius 1 is 0.952 bits per heavy atom. The molecule has 0 aliphatic carbocycles. The van der Waals surface area contributed by atoms with Crippen LogP contribution in [0.5, 0.6) is 11.5 Å². The van der Waals surface area contributed by atoms with E-state index in [2.05, 4.69) is 26.6 Å². The molecule has 0 aliphatic heterocycles. The number of ether oxygens (including phenoxy) is 2. The van der Waals surface area contributed by atoms with Gasteiger partial charge in [0.15, 0.2) is 11.5 Å². The molecule has 2 N–H and O–H groups in total. The minimum atomic E-state index is -0.333. The Balaban J connectivity index is 2.06. The molecule has 2 aromatic rings. The summed E-state index contributed by atoms with van der Waals surface area (Å²) in [5, 5.41) is 5.48. The molecule has 0 fully saturated rings. The summed E-state index contributed by atoms with van der Waals surface area (Å²) in [4.78, 5) is 11.9. The lowest BCUT2D eigenvalue weighted by Crippen LogP contribution is -2.19. The molecular formula is C15H15BrN2O3. The molecule has 0 unspecified atom stereocenters. The van der Waals surface area contributed by atoms with E-state index in [1.54, 1.807) is 38.5 Å². The maximum absolute atomic E-state index is 11.9. The second kappa shape index (κ2) is 6.99. The van der Waals surface area contributed by atoms with E-state index in [4.69, 9.17) is 9.47 Å². The van der Waals surface area contributed by atoms with Gasteiger partial charge in [0.2, 0.25) is 0 Å². The van der Waals surface area contributed by atoms with E-state index in [1.165, 1.54) is 0 Å². The molecule has 0 saturated heterocycles. The summed E-state index contributed by atoms with van der Waals surface area (Å²) in [5.41, 5.74) is 1.31. The minimum absolute atomic E-state index is 0.333. The predicted molar refractivity (Wildman–Crippen MR) is 86.3 cm³/mol. The Labute approximate surface area is 131 Å². The molecule has 0 aromatic heterocycles. The fraction of sp³-hybridized carbons (Fsp3) is 0.133. The molecule has 0 spiro atoms. The molecular weight excluding hydrogens is 336 g/mol. The third kappa shape index (κ3) is 4.13. The Kier molecular flexibility index (Phi) is 5.05. The van der Waals surface area contributed by atoms with Gasteiger partial charge in [-0.05, 0) is 30.3 Å². The first-order valence-corrected chi connectivity index (χ1v) is 6.97. The Morgan fingerprint density at radius 2 is 1.62 bits per heavy atom. The average Bonchev–Trinajstić information content (AvgIpc) is 2.47. The monoisotopic (exact) mass is 350 g/mol. The topological polar surface area (TPSA) is 59.6 Å². The number of halogens is 1. The van der Waals surface area contributed by atoms with Crippen molar-refractivity contribution in [3.8, 4) is 11.5 Å². The number of rotatable bonds is 4. The van der Waals surface area contributed by atoms with E-state index in [9.17, 15) is 4.79 Å². The van der Waals surface area contributed by atoms with Crippen LogP contribution in [-0.4, -0.2) is 20.3 Å². The number of methoxy groups -OCH3 is 2. The number of carbonyl (C=O) groups is 1. The molecule has 2 rings (SSSR count). The Hall–Kier alpha value is -2.21. The minimum Gasteiger partial charge on any atom is -0.493 e. The fourth-order valence-electron chi connectivity index (χ4n) is 1.77. The van der Waals surface area contributed by atoms with Gasteiger partial charge in [-0.1, -0.05) is 22.0 Å². The van der Waals surface area contributed by atoms with Gasteiger partial charge in [-0.2, -0.15) is 0 Å². The number of nitrogens with one attached hydrogen (secondary N) is 2. The molecule has 0 heterocycles. The van der Waals surface area contributed by atoms with Crippen LogP contribution in [0.15, 0.2) is 46.9 Å². The van der Waals surface area contributed by atoms with Gasteiger partial charge in [-0.15, -0.1) is 0 Å². The molecule has 0 saturated carbocycles. The van der Waals surface area contributed by atoms with Crippen molar-refractivity contribution in [2.75, 3.05) is 24.9 Å². The van der Waals surface area contributed by atoms with Crippen LogP contribution < -0.4 is 20.1 Å². The van der Waals surface area contributed by atoms with Crippen LogP contribution in [-0.2, 0) is 0 Å². The molecule has 110 valence electrons. The third-order valence-corrected chi connectivity index (χ3v) is 3.22. The van der Waals surface area contributed by atoms with Gasteiger partial charge in [0.25, 0.3) is 0 Å². The highest BCUT2D eigenvalue weighted by Gasteiger charge is 2.07. The Morgan fingerprint density at radius 3 is 2.24 bits per heavy atom. The van der Waals surface area contributed by atoms with Gasteiger partial charge in [-0.3, -0.25) is 0 Å². The first kappa shape index (κ1) is 15.2. The molecule has 5 nitrogen and oxygen atoms in total. The lowest BCUT2D eigenvalue weighted by Gasteiger charge is -2.11. The van der Waals surface area contributed by atoms with Crippen molar-refractivity contribution < 1.29 is 14.3 Å². The number of hydrogen-bond acceptors (Lipinski definition) is 3. The van der Waals surface area contributed by atoms with E-state index in [0.717, 1.165) is 4.47 Å². The molecule has 0 atom stereocenters. The second-order valence-corrected chi connectivity index (χ2v) is 5.07. The summed E-state index contributed by atoms with van der Waals surface area (Å²) < 4.78 is 11.2. The van der Waals surface area contributed by atoms with Gasteiger partial charge in [-0.25, -0.2) is 4.79 Å². The van der Waals surface area contributed by atoms with Gasteiger partial charge in [0, 0.05) is 21.9 Å². The first-order chi connectivity index (χ1) is 10.1. The van der Waals surface area contributed by atoms with E-state index < -0.39 is 0 Å². The normalized spacial score (nSPS) is 9.86. The summed E-state index contributed by atoms with van der Waals surface area (Å²) in [5.74, 6) is 1.16. The van der Waals surface area contributed by atoms with Crippen LogP contribution in [0.3, 0.4) is 0 Å². The summed E-state index contributed by atoms with van der Waals surface area (Å²) >= 11 is 3.35. The first-order valence-electron chi connectivity index (χ1n) is 6.18. The third-order valence-electron chi connectivity index (χ3n) is 2.72. The second-order valence-electron chi connectivity index (χ2n) is 4.16. The molecule has 6 heteroatoms. The largest absolute Gasteiger partial charge is 0.493 e. The zero-order valence-corrected chi connectivity index (χ0v) is 13.2. The summed E-state index contributed by atoms with van der Waals surface area (Å²) in [6.45, 7) is 0. The van der Waals surface area contributed by atoms with Crippen molar-refractivity contribution in [3.63, 3.8) is 0 Å². The lowest BCUT2D eigenvalue weighted by atomic mass is 10.2. The highest BCUT2D eigenvalue weighted by atomic mass is 79.9.